The summed E-state index contributed by atoms with van der Waals surface area (Å²) < 4.78 is 4.52. The molecular formula is C14H22N2O3. The zero-order valence-corrected chi connectivity index (χ0v) is 12.3. The van der Waals surface area contributed by atoms with E-state index in [0.717, 1.165) is 0 Å². The summed E-state index contributed by atoms with van der Waals surface area (Å²) in [6.07, 6.45) is 0.888. The van der Waals surface area contributed by atoms with Gasteiger partial charge in [0.25, 0.3) is 0 Å². The van der Waals surface area contributed by atoms with Crippen molar-refractivity contribution in [2.24, 2.45) is 0 Å². The molecule has 5 nitrogen and oxygen atoms in total. The summed E-state index contributed by atoms with van der Waals surface area (Å²) in [5, 5.41) is 1.87. The Morgan fingerprint density at radius 2 is 1.89 bits per heavy atom. The number of nitrogens with zero attached hydrogens (tertiary/aromatic N) is 1. The Bertz CT molecular complexity index is 430. The minimum absolute atomic E-state index is 0.0860. The molecule has 1 aliphatic heterocycles. The van der Waals surface area contributed by atoms with Crippen LogP contribution in [0.5, 0.6) is 0 Å². The second-order valence-electron chi connectivity index (χ2n) is 5.80. The van der Waals surface area contributed by atoms with Crippen molar-refractivity contribution in [2.45, 2.75) is 58.0 Å². The van der Waals surface area contributed by atoms with Gasteiger partial charge in [-0.2, -0.15) is 5.01 Å². The summed E-state index contributed by atoms with van der Waals surface area (Å²) in [5.41, 5.74) is 2.19. The quantitative estimate of drug-likeness (QED) is 0.614. The highest BCUT2D eigenvalue weighted by Crippen LogP contribution is 2.28. The second kappa shape index (κ2) is 5.62. The first-order chi connectivity index (χ1) is 8.69. The Morgan fingerprint density at radius 3 is 2.42 bits per heavy atom. The number of ether oxygens (including phenoxy) is 1. The average Bonchev–Trinajstić information content (AvgIpc) is 2.30. The molecule has 0 radical (unpaired) electrons. The maximum absolute atomic E-state index is 11.9. The number of hydrogen-bond acceptors (Lipinski definition) is 4. The van der Waals surface area contributed by atoms with Crippen LogP contribution in [0.1, 0.15) is 47.0 Å². The lowest BCUT2D eigenvalue weighted by Gasteiger charge is -2.47. The molecule has 0 aromatic rings. The molecule has 0 bridgehead atoms. The number of methoxy groups -OCH3 is 1. The molecule has 106 valence electrons. The van der Waals surface area contributed by atoms with Crippen molar-refractivity contribution in [1.82, 2.24) is 10.4 Å². The molecular weight excluding hydrogens is 244 g/mol. The van der Waals surface area contributed by atoms with Gasteiger partial charge in [0.05, 0.1) is 19.1 Å². The summed E-state index contributed by atoms with van der Waals surface area (Å²) in [7, 11) is 1.31. The fraction of sp³-hybridized carbons (Fsp3) is 0.714. The molecule has 0 saturated carbocycles. The summed E-state index contributed by atoms with van der Waals surface area (Å²) >= 11 is 0. The van der Waals surface area contributed by atoms with E-state index in [9.17, 15) is 9.59 Å². The third-order valence-corrected chi connectivity index (χ3v) is 3.10. The van der Waals surface area contributed by atoms with E-state index in [1.54, 1.807) is 0 Å². The first-order valence-electron chi connectivity index (χ1n) is 6.36. The highest BCUT2D eigenvalue weighted by atomic mass is 16.5. The molecule has 0 spiro atoms. The monoisotopic (exact) mass is 266 g/mol. The first kappa shape index (κ1) is 15.5. The number of carbonyl (C=O) groups excluding carboxylic acids is 2. The third kappa shape index (κ3) is 3.97. The summed E-state index contributed by atoms with van der Waals surface area (Å²) in [5.74, 6) is 5.64. The Balaban J connectivity index is 2.67. The molecule has 1 N–H and O–H groups in total. The predicted molar refractivity (Wildman–Crippen MR) is 71.8 cm³/mol. The molecule has 0 aliphatic carbocycles. The molecule has 0 aromatic carbocycles. The number of esters is 1. The van der Waals surface area contributed by atoms with Gasteiger partial charge in [-0.15, -0.1) is 0 Å². The molecule has 1 aliphatic rings. The smallest absolute Gasteiger partial charge is 0.306 e. The normalized spacial score (nSPS) is 20.1. The predicted octanol–water partition coefficient (Wildman–Crippen LogP) is 1.24. The summed E-state index contributed by atoms with van der Waals surface area (Å²) in [6, 6.07) is 0. The van der Waals surface area contributed by atoms with Crippen LogP contribution in [-0.2, 0) is 14.3 Å². The highest BCUT2D eigenvalue weighted by molar-refractivity contribution is 5.81. The van der Waals surface area contributed by atoms with Gasteiger partial charge in [0, 0.05) is 18.4 Å². The number of hydrazine groups is 1. The van der Waals surface area contributed by atoms with Crippen molar-refractivity contribution in [2.75, 3.05) is 7.11 Å². The average molecular weight is 266 g/mol. The Morgan fingerprint density at radius 1 is 1.26 bits per heavy atom. The van der Waals surface area contributed by atoms with Gasteiger partial charge in [-0.05, 0) is 27.7 Å². The molecule has 5 heteroatoms. The van der Waals surface area contributed by atoms with Gasteiger partial charge in [-0.3, -0.25) is 15.0 Å². The highest BCUT2D eigenvalue weighted by Gasteiger charge is 2.40. The maximum atomic E-state index is 11.9. The topological polar surface area (TPSA) is 58.6 Å². The number of hydrogen-bond donors (Lipinski definition) is 1. The van der Waals surface area contributed by atoms with Crippen molar-refractivity contribution >= 4 is 11.9 Å². The molecule has 1 amide bonds. The molecule has 1 heterocycles. The van der Waals surface area contributed by atoms with Crippen LogP contribution in [0, 0.1) is 11.8 Å². The molecule has 0 unspecified atom stereocenters. The number of rotatable bonds is 4. The van der Waals surface area contributed by atoms with Gasteiger partial charge < -0.3 is 4.74 Å². The number of amides is 1. The zero-order chi connectivity index (χ0) is 14.7. The fourth-order valence-corrected chi connectivity index (χ4v) is 2.16. The van der Waals surface area contributed by atoms with Crippen LogP contribution in [0.25, 0.3) is 0 Å². The van der Waals surface area contributed by atoms with E-state index in [-0.39, 0.29) is 30.3 Å². The van der Waals surface area contributed by atoms with Crippen molar-refractivity contribution in [3.05, 3.63) is 0 Å². The van der Waals surface area contributed by atoms with Crippen molar-refractivity contribution in [1.29, 1.82) is 0 Å². The summed E-state index contributed by atoms with van der Waals surface area (Å²) in [4.78, 5) is 22.9. The lowest BCUT2D eigenvalue weighted by Crippen LogP contribution is -2.64. The van der Waals surface area contributed by atoms with E-state index >= 15 is 0 Å². The first-order valence-corrected chi connectivity index (χ1v) is 6.36. The third-order valence-electron chi connectivity index (χ3n) is 3.10. The second-order valence-corrected chi connectivity index (χ2v) is 5.80. The Hall–Kier alpha value is -1.54. The molecule has 1 rings (SSSR count). The number of carbonyl (C=O) groups is 2. The molecule has 0 aromatic heterocycles. The van der Waals surface area contributed by atoms with Crippen LogP contribution in [-0.4, -0.2) is 35.1 Å². The zero-order valence-electron chi connectivity index (χ0n) is 12.3. The SMILES string of the molecule is COC(=O)CCC(=O)NN1C(C)(C)C#CCC1(C)C. The van der Waals surface area contributed by atoms with E-state index in [1.165, 1.54) is 7.11 Å². The van der Waals surface area contributed by atoms with Gasteiger partial charge in [0.15, 0.2) is 0 Å². The minimum Gasteiger partial charge on any atom is -0.469 e. The van der Waals surface area contributed by atoms with Gasteiger partial charge in [-0.1, -0.05) is 11.8 Å². The fourth-order valence-electron chi connectivity index (χ4n) is 2.16. The van der Waals surface area contributed by atoms with E-state index < -0.39 is 5.54 Å². The van der Waals surface area contributed by atoms with Crippen LogP contribution in [0.15, 0.2) is 0 Å². The molecule has 0 atom stereocenters. The summed E-state index contributed by atoms with van der Waals surface area (Å²) in [6.45, 7) is 7.98. The molecule has 0 saturated heterocycles. The van der Waals surface area contributed by atoms with E-state index in [1.807, 2.05) is 32.7 Å². The maximum Gasteiger partial charge on any atom is 0.306 e. The standard InChI is InChI=1S/C14H22N2O3/c1-13(2)9-6-10-14(3,4)16(13)15-11(17)7-8-12(18)19-5/h7-9H2,1-5H3,(H,15,17). The molecule has 19 heavy (non-hydrogen) atoms. The molecule has 0 fully saturated rings. The van der Waals surface area contributed by atoms with E-state index in [2.05, 4.69) is 22.0 Å². The lowest BCUT2D eigenvalue weighted by atomic mass is 9.89. The van der Waals surface area contributed by atoms with Gasteiger partial charge >= 0.3 is 5.97 Å². The van der Waals surface area contributed by atoms with Crippen LogP contribution in [0.2, 0.25) is 0 Å². The van der Waals surface area contributed by atoms with Crippen LogP contribution < -0.4 is 5.43 Å². The van der Waals surface area contributed by atoms with Crippen LogP contribution in [0.3, 0.4) is 0 Å². The Labute approximate surface area is 114 Å². The van der Waals surface area contributed by atoms with E-state index in [0.29, 0.717) is 6.42 Å². The number of nitrogens with one attached hydrogen (secondary N) is 1. The van der Waals surface area contributed by atoms with E-state index in [4.69, 9.17) is 0 Å². The lowest BCUT2D eigenvalue weighted by molar-refractivity contribution is -0.143. The van der Waals surface area contributed by atoms with Crippen LogP contribution in [0.4, 0.5) is 0 Å². The van der Waals surface area contributed by atoms with Crippen molar-refractivity contribution in [3.63, 3.8) is 0 Å². The van der Waals surface area contributed by atoms with Crippen molar-refractivity contribution in [3.8, 4) is 11.8 Å². The van der Waals surface area contributed by atoms with Gasteiger partial charge in [-0.25, -0.2) is 0 Å². The minimum atomic E-state index is -0.428. The largest absolute Gasteiger partial charge is 0.469 e. The van der Waals surface area contributed by atoms with Gasteiger partial charge in [0.1, 0.15) is 0 Å². The van der Waals surface area contributed by atoms with Crippen LogP contribution >= 0.6 is 0 Å². The van der Waals surface area contributed by atoms with Gasteiger partial charge in [0.2, 0.25) is 5.91 Å². The Kier molecular flexibility index (Phi) is 4.59. The van der Waals surface area contributed by atoms with Crippen molar-refractivity contribution < 1.29 is 14.3 Å².